The molecule has 0 radical (unpaired) electrons. The molecule has 0 fully saturated rings. The summed E-state index contributed by atoms with van der Waals surface area (Å²) in [7, 11) is 0. The van der Waals surface area contributed by atoms with Gasteiger partial charge in [0.05, 0.1) is 6.54 Å². The Labute approximate surface area is 153 Å². The van der Waals surface area contributed by atoms with Crippen LogP contribution < -0.4 is 17.2 Å². The molecule has 0 bridgehead atoms. The molecule has 0 saturated heterocycles. The van der Waals surface area contributed by atoms with E-state index in [-0.39, 0.29) is 29.9 Å². The van der Waals surface area contributed by atoms with Crippen LogP contribution in [0.3, 0.4) is 0 Å². The molecule has 0 spiro atoms. The number of Topliss-reactive ketones (excluding diaryl/α,β-unsaturated/α-hetero) is 2. The molecule has 0 aliphatic carbocycles. The molecule has 1 rings (SSSR count). The normalized spacial score (nSPS) is 10.0. The number of nitrogens with two attached hydrogens (primary N) is 3. The van der Waals surface area contributed by atoms with Crippen molar-refractivity contribution in [3.05, 3.63) is 29.8 Å². The molecule has 25 heavy (non-hydrogen) atoms. The molecule has 1 aromatic rings. The van der Waals surface area contributed by atoms with Crippen LogP contribution in [0.5, 0.6) is 0 Å². The molecular formula is C20H37N3O2. The van der Waals surface area contributed by atoms with Crippen molar-refractivity contribution in [3.63, 3.8) is 0 Å². The van der Waals surface area contributed by atoms with Crippen molar-refractivity contribution in [2.45, 2.75) is 48.0 Å². The first-order valence-electron chi connectivity index (χ1n) is 8.89. The van der Waals surface area contributed by atoms with Gasteiger partial charge in [-0.15, -0.1) is 0 Å². The number of hydrogen-bond donors (Lipinski definition) is 3. The Morgan fingerprint density at radius 2 is 1.36 bits per heavy atom. The first-order chi connectivity index (χ1) is 11.6. The molecule has 6 N–H and O–H groups in total. The predicted octanol–water partition coefficient (Wildman–Crippen LogP) is 3.27. The van der Waals surface area contributed by atoms with Crippen LogP contribution in [0.1, 0.15) is 58.3 Å². The summed E-state index contributed by atoms with van der Waals surface area (Å²) < 4.78 is 0. The van der Waals surface area contributed by atoms with Gasteiger partial charge < -0.3 is 17.2 Å². The zero-order valence-corrected chi connectivity index (χ0v) is 16.7. The highest BCUT2D eigenvalue weighted by atomic mass is 16.1. The van der Waals surface area contributed by atoms with Crippen LogP contribution in [0.25, 0.3) is 0 Å². The van der Waals surface area contributed by atoms with Crippen LogP contribution >= 0.6 is 0 Å². The fraction of sp³-hybridized carbons (Fsp3) is 0.600. The minimum Gasteiger partial charge on any atom is -0.399 e. The second-order valence-corrected chi connectivity index (χ2v) is 6.94. The molecule has 0 heterocycles. The quantitative estimate of drug-likeness (QED) is 0.538. The minimum absolute atomic E-state index is 0.0497. The summed E-state index contributed by atoms with van der Waals surface area (Å²) in [5, 5.41) is 0. The maximum absolute atomic E-state index is 11.4. The van der Waals surface area contributed by atoms with Crippen molar-refractivity contribution in [2.24, 2.45) is 29.2 Å². The Balaban J connectivity index is 0. The highest BCUT2D eigenvalue weighted by Gasteiger charge is 2.08. The predicted molar refractivity (Wildman–Crippen MR) is 107 cm³/mol. The van der Waals surface area contributed by atoms with Gasteiger partial charge in [-0.1, -0.05) is 41.5 Å². The zero-order chi connectivity index (χ0) is 20.0. The number of hydrogen-bond acceptors (Lipinski definition) is 5. The van der Waals surface area contributed by atoms with Gasteiger partial charge in [-0.25, -0.2) is 0 Å². The van der Waals surface area contributed by atoms with E-state index in [4.69, 9.17) is 17.2 Å². The van der Waals surface area contributed by atoms with Crippen LogP contribution in [0.15, 0.2) is 24.3 Å². The summed E-state index contributed by atoms with van der Waals surface area (Å²) in [6.45, 7) is 12.8. The minimum atomic E-state index is 0.0497. The lowest BCUT2D eigenvalue weighted by Crippen LogP contribution is -2.18. The Morgan fingerprint density at radius 1 is 0.880 bits per heavy atom. The van der Waals surface area contributed by atoms with E-state index in [9.17, 15) is 9.59 Å². The zero-order valence-electron chi connectivity index (χ0n) is 16.7. The van der Waals surface area contributed by atoms with Gasteiger partial charge in [0.15, 0.2) is 5.78 Å². The molecule has 144 valence electrons. The Bertz CT molecular complexity index is 480. The molecule has 0 aromatic heterocycles. The first-order valence-corrected chi connectivity index (χ1v) is 8.89. The number of rotatable bonds is 6. The molecule has 0 saturated carbocycles. The van der Waals surface area contributed by atoms with Gasteiger partial charge in [0.1, 0.15) is 5.78 Å². The average Bonchev–Trinajstić information content (AvgIpc) is 2.55. The lowest BCUT2D eigenvalue weighted by Gasteiger charge is -2.03. The number of benzene rings is 1. The molecule has 0 aliphatic rings. The largest absolute Gasteiger partial charge is 0.399 e. The average molecular weight is 352 g/mol. The van der Waals surface area contributed by atoms with Crippen LogP contribution in [-0.2, 0) is 4.79 Å². The molecule has 0 amide bonds. The number of nitrogen functional groups attached to an aromatic ring is 1. The van der Waals surface area contributed by atoms with Crippen molar-refractivity contribution < 1.29 is 9.59 Å². The smallest absolute Gasteiger partial charge is 0.165 e. The molecule has 0 atom stereocenters. The third kappa shape index (κ3) is 14.3. The van der Waals surface area contributed by atoms with Crippen LogP contribution in [-0.4, -0.2) is 24.7 Å². The molecule has 0 unspecified atom stereocenters. The molecule has 5 nitrogen and oxygen atoms in total. The van der Waals surface area contributed by atoms with Gasteiger partial charge in [-0.2, -0.15) is 0 Å². The van der Waals surface area contributed by atoms with E-state index in [0.717, 1.165) is 24.4 Å². The topological polar surface area (TPSA) is 112 Å². The van der Waals surface area contributed by atoms with E-state index in [1.165, 1.54) is 0 Å². The van der Waals surface area contributed by atoms with E-state index in [1.54, 1.807) is 24.3 Å². The maximum atomic E-state index is 11.4. The highest BCUT2D eigenvalue weighted by Crippen LogP contribution is 2.10. The summed E-state index contributed by atoms with van der Waals surface area (Å²) >= 11 is 0. The van der Waals surface area contributed by atoms with E-state index < -0.39 is 0 Å². The van der Waals surface area contributed by atoms with Crippen molar-refractivity contribution in [1.29, 1.82) is 0 Å². The van der Waals surface area contributed by atoms with Crippen molar-refractivity contribution in [2.75, 3.05) is 18.8 Å². The number of carbonyl (C=O) groups excluding carboxylic acids is 2. The van der Waals surface area contributed by atoms with Crippen LogP contribution in [0, 0.1) is 17.8 Å². The standard InChI is InChI=1S/C10H13NO.C5H11NO.C5H13N/c1-7(2)10(12)8-3-5-9(11)6-4-8;1-4(2)5(7)3-6;1-5(2)3-4-6/h3-7H,11H2,1-2H3;4H,3,6H2,1-2H3;5H,3-4,6H2,1-2H3. The Kier molecular flexibility index (Phi) is 14.9. The summed E-state index contributed by atoms with van der Waals surface area (Å²) in [5.41, 5.74) is 17.2. The summed E-state index contributed by atoms with van der Waals surface area (Å²) in [4.78, 5) is 21.8. The van der Waals surface area contributed by atoms with Gasteiger partial charge in [-0.05, 0) is 43.1 Å². The monoisotopic (exact) mass is 351 g/mol. The van der Waals surface area contributed by atoms with Crippen molar-refractivity contribution in [3.8, 4) is 0 Å². The van der Waals surface area contributed by atoms with Gasteiger partial charge in [0, 0.05) is 23.1 Å². The van der Waals surface area contributed by atoms with Gasteiger partial charge in [-0.3, -0.25) is 9.59 Å². The fourth-order valence-corrected chi connectivity index (χ4v) is 1.55. The van der Waals surface area contributed by atoms with Crippen LogP contribution in [0.4, 0.5) is 5.69 Å². The third-order valence-corrected chi connectivity index (χ3v) is 3.31. The summed E-state index contributed by atoms with van der Waals surface area (Å²) in [6.07, 6.45) is 1.15. The third-order valence-electron chi connectivity index (χ3n) is 3.31. The van der Waals surface area contributed by atoms with E-state index >= 15 is 0 Å². The van der Waals surface area contributed by atoms with Crippen LogP contribution in [0.2, 0.25) is 0 Å². The van der Waals surface area contributed by atoms with Crippen molar-refractivity contribution >= 4 is 17.3 Å². The molecule has 0 aliphatic heterocycles. The Hall–Kier alpha value is -1.72. The second kappa shape index (κ2) is 14.6. The summed E-state index contributed by atoms with van der Waals surface area (Å²) in [5.74, 6) is 1.21. The number of carbonyl (C=O) groups is 2. The molecule has 1 aromatic carbocycles. The second-order valence-electron chi connectivity index (χ2n) is 6.94. The molecular weight excluding hydrogens is 314 g/mol. The number of ketones is 2. The Morgan fingerprint density at radius 3 is 1.56 bits per heavy atom. The SMILES string of the molecule is CC(C)C(=O)CN.CC(C)C(=O)c1ccc(N)cc1.CC(C)CCN. The molecule has 5 heteroatoms. The fourth-order valence-electron chi connectivity index (χ4n) is 1.55. The lowest BCUT2D eigenvalue weighted by atomic mass is 10.0. The lowest BCUT2D eigenvalue weighted by molar-refractivity contribution is -0.120. The highest BCUT2D eigenvalue weighted by molar-refractivity contribution is 5.97. The number of anilines is 1. The van der Waals surface area contributed by atoms with E-state index in [2.05, 4.69) is 13.8 Å². The van der Waals surface area contributed by atoms with E-state index in [1.807, 2.05) is 27.7 Å². The van der Waals surface area contributed by atoms with Gasteiger partial charge >= 0.3 is 0 Å². The first kappa shape index (κ1) is 25.5. The maximum Gasteiger partial charge on any atom is 0.165 e. The van der Waals surface area contributed by atoms with Gasteiger partial charge in [0.2, 0.25) is 0 Å². The summed E-state index contributed by atoms with van der Waals surface area (Å²) in [6, 6.07) is 7.01. The van der Waals surface area contributed by atoms with Gasteiger partial charge in [0.25, 0.3) is 0 Å². The van der Waals surface area contributed by atoms with E-state index in [0.29, 0.717) is 5.69 Å². The van der Waals surface area contributed by atoms with Crippen molar-refractivity contribution in [1.82, 2.24) is 0 Å².